The molecule has 18 heavy (non-hydrogen) atoms. The summed E-state index contributed by atoms with van der Waals surface area (Å²) < 4.78 is 8.63. The van der Waals surface area contributed by atoms with E-state index in [0.29, 0.717) is 0 Å². The maximum absolute atomic E-state index is 5.98. The standard InChI is InChI=1S/C16H17IO/c1-3-13-18-17(15-7-5-4-6-8-15)16-11-9-14(2)10-12-16/h3-13H,1-2H3. The van der Waals surface area contributed by atoms with Crippen LogP contribution in [-0.4, -0.2) is 0 Å². The summed E-state index contributed by atoms with van der Waals surface area (Å²) in [5.74, 6) is 0. The van der Waals surface area contributed by atoms with E-state index in [4.69, 9.17) is 3.07 Å². The zero-order valence-corrected chi connectivity index (χ0v) is 12.8. The van der Waals surface area contributed by atoms with Crippen LogP contribution in [0.1, 0.15) is 12.5 Å². The molecule has 0 aromatic heterocycles. The molecule has 0 bridgehead atoms. The third-order valence-corrected chi connectivity index (χ3v) is 6.92. The van der Waals surface area contributed by atoms with E-state index >= 15 is 0 Å². The van der Waals surface area contributed by atoms with Crippen LogP contribution in [-0.2, 0) is 3.07 Å². The molecule has 1 nitrogen and oxygen atoms in total. The molecule has 2 aromatic carbocycles. The van der Waals surface area contributed by atoms with E-state index in [1.807, 2.05) is 25.3 Å². The summed E-state index contributed by atoms with van der Waals surface area (Å²) in [7, 11) is 0. The molecule has 0 aliphatic heterocycles. The number of halogens is 1. The molecular weight excluding hydrogens is 335 g/mol. The van der Waals surface area contributed by atoms with Crippen LogP contribution in [0.15, 0.2) is 66.9 Å². The summed E-state index contributed by atoms with van der Waals surface area (Å²) in [5.41, 5.74) is 1.29. The monoisotopic (exact) mass is 352 g/mol. The molecule has 0 aliphatic rings. The molecule has 0 radical (unpaired) electrons. The van der Waals surface area contributed by atoms with Crippen LogP contribution in [0.2, 0.25) is 0 Å². The van der Waals surface area contributed by atoms with Crippen molar-refractivity contribution in [3.05, 3.63) is 79.6 Å². The summed E-state index contributed by atoms with van der Waals surface area (Å²) in [4.78, 5) is 0. The fourth-order valence-electron chi connectivity index (χ4n) is 1.51. The number of hydrogen-bond acceptors (Lipinski definition) is 1. The molecule has 2 rings (SSSR count). The molecule has 0 aliphatic carbocycles. The Morgan fingerprint density at radius 2 is 1.50 bits per heavy atom. The van der Waals surface area contributed by atoms with Crippen molar-refractivity contribution in [1.82, 2.24) is 0 Å². The third kappa shape index (κ3) is 3.35. The van der Waals surface area contributed by atoms with Gasteiger partial charge in [-0.2, -0.15) is 0 Å². The second-order valence-corrected chi connectivity index (χ2v) is 8.32. The molecule has 0 saturated carbocycles. The van der Waals surface area contributed by atoms with E-state index in [-0.39, 0.29) is 0 Å². The fourth-order valence-corrected chi connectivity index (χ4v) is 5.48. The number of allylic oxidation sites excluding steroid dienone is 1. The van der Waals surface area contributed by atoms with Crippen LogP contribution >= 0.6 is 20.2 Å². The van der Waals surface area contributed by atoms with Crippen LogP contribution in [0, 0.1) is 14.1 Å². The Hall–Kier alpha value is -1.29. The van der Waals surface area contributed by atoms with Crippen molar-refractivity contribution in [2.75, 3.05) is 0 Å². The topological polar surface area (TPSA) is 9.23 Å². The van der Waals surface area contributed by atoms with Crippen LogP contribution < -0.4 is 0 Å². The Kier molecular flexibility index (Phi) is 4.81. The molecule has 0 spiro atoms. The van der Waals surface area contributed by atoms with Crippen LogP contribution in [0.5, 0.6) is 0 Å². The first-order valence-electron chi connectivity index (χ1n) is 5.91. The molecule has 94 valence electrons. The van der Waals surface area contributed by atoms with Crippen molar-refractivity contribution in [3.8, 4) is 0 Å². The van der Waals surface area contributed by atoms with E-state index in [2.05, 4.69) is 55.5 Å². The van der Waals surface area contributed by atoms with Crippen molar-refractivity contribution in [1.29, 1.82) is 0 Å². The van der Waals surface area contributed by atoms with E-state index in [0.717, 1.165) is 0 Å². The van der Waals surface area contributed by atoms with Gasteiger partial charge in [-0.25, -0.2) is 0 Å². The molecule has 0 unspecified atom stereocenters. The normalized spacial score (nSPS) is 11.6. The predicted molar refractivity (Wildman–Crippen MR) is 84.9 cm³/mol. The molecule has 0 atom stereocenters. The second-order valence-electron chi connectivity index (χ2n) is 3.90. The van der Waals surface area contributed by atoms with Gasteiger partial charge in [-0.3, -0.25) is 0 Å². The van der Waals surface area contributed by atoms with E-state index < -0.39 is 20.2 Å². The van der Waals surface area contributed by atoms with Gasteiger partial charge in [0.2, 0.25) is 0 Å². The van der Waals surface area contributed by atoms with E-state index in [1.165, 1.54) is 12.7 Å². The van der Waals surface area contributed by atoms with Crippen molar-refractivity contribution in [2.24, 2.45) is 0 Å². The minimum absolute atomic E-state index is 1.29. The molecule has 0 heterocycles. The van der Waals surface area contributed by atoms with Crippen LogP contribution in [0.3, 0.4) is 0 Å². The zero-order valence-electron chi connectivity index (χ0n) is 10.6. The van der Waals surface area contributed by atoms with Gasteiger partial charge in [-0.05, 0) is 0 Å². The van der Waals surface area contributed by atoms with Gasteiger partial charge in [0, 0.05) is 0 Å². The third-order valence-electron chi connectivity index (χ3n) is 2.42. The SMILES string of the molecule is CC=COI(c1ccccc1)c1ccc(C)cc1. The Balaban J connectivity index is 2.33. The Morgan fingerprint density at radius 3 is 2.11 bits per heavy atom. The maximum atomic E-state index is 5.98. The predicted octanol–water partition coefficient (Wildman–Crippen LogP) is 5.01. The quantitative estimate of drug-likeness (QED) is 0.555. The van der Waals surface area contributed by atoms with Crippen LogP contribution in [0.4, 0.5) is 0 Å². The zero-order chi connectivity index (χ0) is 12.8. The first-order chi connectivity index (χ1) is 8.81. The summed E-state index contributed by atoms with van der Waals surface area (Å²) in [6.07, 6.45) is 3.76. The summed E-state index contributed by atoms with van der Waals surface area (Å²) >= 11 is -1.77. The molecule has 0 amide bonds. The molecule has 2 heteroatoms. The molecule has 0 N–H and O–H groups in total. The van der Waals surface area contributed by atoms with Gasteiger partial charge < -0.3 is 0 Å². The van der Waals surface area contributed by atoms with Gasteiger partial charge in [-0.1, -0.05) is 0 Å². The Morgan fingerprint density at radius 1 is 0.889 bits per heavy atom. The van der Waals surface area contributed by atoms with Crippen molar-refractivity contribution >= 4 is 20.2 Å². The first-order valence-corrected chi connectivity index (χ1v) is 8.95. The summed E-state index contributed by atoms with van der Waals surface area (Å²) in [6, 6.07) is 19.2. The van der Waals surface area contributed by atoms with Gasteiger partial charge in [0.1, 0.15) is 0 Å². The number of rotatable bonds is 4. The van der Waals surface area contributed by atoms with Gasteiger partial charge in [0.15, 0.2) is 0 Å². The minimum atomic E-state index is -1.77. The van der Waals surface area contributed by atoms with Gasteiger partial charge in [0.25, 0.3) is 0 Å². The first kappa shape index (κ1) is 13.1. The van der Waals surface area contributed by atoms with Crippen molar-refractivity contribution in [3.63, 3.8) is 0 Å². The average molecular weight is 352 g/mol. The van der Waals surface area contributed by atoms with E-state index in [9.17, 15) is 0 Å². The van der Waals surface area contributed by atoms with Crippen LogP contribution in [0.25, 0.3) is 0 Å². The Labute approximate surface area is 116 Å². The molecule has 0 saturated heterocycles. The second kappa shape index (κ2) is 6.59. The van der Waals surface area contributed by atoms with Gasteiger partial charge in [-0.15, -0.1) is 0 Å². The number of benzene rings is 2. The summed E-state index contributed by atoms with van der Waals surface area (Å²) in [6.45, 7) is 4.09. The van der Waals surface area contributed by atoms with Crippen molar-refractivity contribution in [2.45, 2.75) is 13.8 Å². The number of aryl methyl sites for hydroxylation is 1. The van der Waals surface area contributed by atoms with E-state index in [1.54, 1.807) is 0 Å². The average Bonchev–Trinajstić information content (AvgIpc) is 2.42. The van der Waals surface area contributed by atoms with Crippen molar-refractivity contribution < 1.29 is 3.07 Å². The fraction of sp³-hybridized carbons (Fsp3) is 0.125. The van der Waals surface area contributed by atoms with Gasteiger partial charge in [0.05, 0.1) is 0 Å². The Bertz CT molecular complexity index is 502. The molecule has 2 aromatic rings. The van der Waals surface area contributed by atoms with Gasteiger partial charge >= 0.3 is 117 Å². The molecular formula is C16H17IO. The number of hydrogen-bond donors (Lipinski definition) is 0. The molecule has 0 fully saturated rings. The summed E-state index contributed by atoms with van der Waals surface area (Å²) in [5, 5.41) is 0.